The SMILES string of the molecule is C=CC1=CC[C@@]2(CC)C[C@@H]1[C@@H]1OC(CC)(CC)O[C@@H]1C2=O. The van der Waals surface area contributed by atoms with Crippen LogP contribution in [0.25, 0.3) is 0 Å². The summed E-state index contributed by atoms with van der Waals surface area (Å²) < 4.78 is 12.5. The minimum absolute atomic E-state index is 0.137. The summed E-state index contributed by atoms with van der Waals surface area (Å²) in [6, 6.07) is 0. The van der Waals surface area contributed by atoms with E-state index < -0.39 is 11.9 Å². The van der Waals surface area contributed by atoms with Gasteiger partial charge in [0, 0.05) is 11.3 Å². The van der Waals surface area contributed by atoms with Crippen LogP contribution < -0.4 is 0 Å². The quantitative estimate of drug-likeness (QED) is 0.790. The molecule has 0 unspecified atom stereocenters. The lowest BCUT2D eigenvalue weighted by atomic mass is 9.58. The van der Waals surface area contributed by atoms with Crippen LogP contribution in [0.2, 0.25) is 0 Å². The van der Waals surface area contributed by atoms with Crippen LogP contribution in [0.4, 0.5) is 0 Å². The Bertz CT molecular complexity index is 489. The van der Waals surface area contributed by atoms with E-state index in [0.29, 0.717) is 0 Å². The lowest BCUT2D eigenvalue weighted by Gasteiger charge is -2.46. The molecule has 1 saturated heterocycles. The molecule has 1 aliphatic heterocycles. The van der Waals surface area contributed by atoms with Crippen LogP contribution in [-0.2, 0) is 14.3 Å². The van der Waals surface area contributed by atoms with Crippen molar-refractivity contribution in [2.45, 2.75) is 70.9 Å². The van der Waals surface area contributed by atoms with Crippen molar-refractivity contribution in [1.29, 1.82) is 0 Å². The van der Waals surface area contributed by atoms with Crippen molar-refractivity contribution < 1.29 is 14.3 Å². The fraction of sp³-hybridized carbons (Fsp3) is 0.722. The van der Waals surface area contributed by atoms with Crippen LogP contribution in [0.3, 0.4) is 0 Å². The van der Waals surface area contributed by atoms with E-state index in [1.54, 1.807) is 0 Å². The summed E-state index contributed by atoms with van der Waals surface area (Å²) in [7, 11) is 0. The Balaban J connectivity index is 2.02. The summed E-state index contributed by atoms with van der Waals surface area (Å²) >= 11 is 0. The molecule has 2 bridgehead atoms. The van der Waals surface area contributed by atoms with E-state index in [1.807, 2.05) is 6.08 Å². The number of carbonyl (C=O) groups excluding carboxylic acids is 1. The van der Waals surface area contributed by atoms with Gasteiger partial charge in [0.2, 0.25) is 0 Å². The van der Waals surface area contributed by atoms with E-state index in [1.165, 1.54) is 5.57 Å². The van der Waals surface area contributed by atoms with Crippen LogP contribution in [-0.4, -0.2) is 23.8 Å². The van der Waals surface area contributed by atoms with Crippen LogP contribution in [0.1, 0.15) is 52.9 Å². The van der Waals surface area contributed by atoms with Gasteiger partial charge in [0.05, 0.1) is 0 Å². The highest BCUT2D eigenvalue weighted by Gasteiger charge is 2.61. The Hall–Kier alpha value is -0.930. The average Bonchev–Trinajstić information content (AvgIpc) is 2.93. The number of ketones is 1. The van der Waals surface area contributed by atoms with Gasteiger partial charge in [-0.25, -0.2) is 0 Å². The molecule has 21 heavy (non-hydrogen) atoms. The number of hydrogen-bond donors (Lipinski definition) is 0. The summed E-state index contributed by atoms with van der Waals surface area (Å²) in [6.07, 6.45) is 7.73. The normalized spacial score (nSPS) is 40.6. The molecule has 0 aromatic carbocycles. The van der Waals surface area contributed by atoms with Gasteiger partial charge in [-0.15, -0.1) is 0 Å². The van der Waals surface area contributed by atoms with Gasteiger partial charge in [-0.05, 0) is 37.7 Å². The van der Waals surface area contributed by atoms with Gasteiger partial charge in [0.1, 0.15) is 12.2 Å². The number of rotatable bonds is 4. The maximum Gasteiger partial charge on any atom is 0.170 e. The third kappa shape index (κ3) is 1.97. The molecule has 2 aliphatic carbocycles. The number of carbonyl (C=O) groups is 1. The third-order valence-corrected chi connectivity index (χ3v) is 5.93. The summed E-state index contributed by atoms with van der Waals surface area (Å²) in [5.74, 6) is -0.0720. The zero-order chi connectivity index (χ0) is 15.3. The van der Waals surface area contributed by atoms with E-state index in [9.17, 15) is 4.79 Å². The van der Waals surface area contributed by atoms with Crippen LogP contribution in [0, 0.1) is 11.3 Å². The zero-order valence-electron chi connectivity index (χ0n) is 13.4. The first kappa shape index (κ1) is 15.0. The fourth-order valence-corrected chi connectivity index (χ4v) is 4.31. The molecule has 0 aromatic rings. The molecule has 2 fully saturated rings. The maximum absolute atomic E-state index is 13.0. The van der Waals surface area contributed by atoms with Crippen LogP contribution >= 0.6 is 0 Å². The second-order valence-electron chi connectivity index (χ2n) is 6.66. The predicted molar refractivity (Wildman–Crippen MR) is 81.8 cm³/mol. The van der Waals surface area contributed by atoms with Crippen molar-refractivity contribution in [1.82, 2.24) is 0 Å². The molecule has 3 aliphatic rings. The largest absolute Gasteiger partial charge is 0.343 e. The molecule has 0 amide bonds. The van der Waals surface area contributed by atoms with E-state index >= 15 is 0 Å². The standard InChI is InChI=1S/C18H26O3/c1-5-12-9-10-17(6-2)11-13(12)14-15(16(17)19)21-18(7-3,8-4)20-14/h5,9,13-15H,1,6-8,10-11H2,2-4H3/t13-,14-,15-,17-/m0/s1. The Labute approximate surface area is 127 Å². The van der Waals surface area contributed by atoms with Crippen LogP contribution in [0.15, 0.2) is 24.3 Å². The fourth-order valence-electron chi connectivity index (χ4n) is 4.31. The summed E-state index contributed by atoms with van der Waals surface area (Å²) in [6.45, 7) is 10.2. The highest BCUT2D eigenvalue weighted by atomic mass is 16.8. The molecule has 1 heterocycles. The molecule has 4 atom stereocenters. The highest BCUT2D eigenvalue weighted by Crippen LogP contribution is 2.54. The second-order valence-corrected chi connectivity index (χ2v) is 6.66. The molecule has 3 rings (SSSR count). The number of ether oxygens (including phenoxy) is 2. The molecule has 0 aromatic heterocycles. The van der Waals surface area contributed by atoms with Crippen molar-refractivity contribution in [2.75, 3.05) is 0 Å². The molecular weight excluding hydrogens is 264 g/mol. The maximum atomic E-state index is 13.0. The van der Waals surface area contributed by atoms with Gasteiger partial charge < -0.3 is 9.47 Å². The zero-order valence-corrected chi connectivity index (χ0v) is 13.4. The molecule has 0 spiro atoms. The third-order valence-electron chi connectivity index (χ3n) is 5.93. The number of Topliss-reactive ketones (excluding diaryl/α,β-unsaturated/α-hetero) is 1. The lowest BCUT2D eigenvalue weighted by Crippen LogP contribution is -2.54. The van der Waals surface area contributed by atoms with Gasteiger partial charge in [0.15, 0.2) is 11.6 Å². The van der Waals surface area contributed by atoms with E-state index in [0.717, 1.165) is 32.1 Å². The van der Waals surface area contributed by atoms with E-state index in [-0.39, 0.29) is 23.2 Å². The highest BCUT2D eigenvalue weighted by molar-refractivity contribution is 5.91. The first-order valence-corrected chi connectivity index (χ1v) is 8.27. The monoisotopic (exact) mass is 290 g/mol. The molecular formula is C18H26O3. The first-order chi connectivity index (χ1) is 10.0. The van der Waals surface area contributed by atoms with Gasteiger partial charge in [-0.3, -0.25) is 4.79 Å². The van der Waals surface area contributed by atoms with Crippen molar-refractivity contribution >= 4 is 5.78 Å². The van der Waals surface area contributed by atoms with Crippen molar-refractivity contribution in [3.63, 3.8) is 0 Å². The molecule has 116 valence electrons. The second kappa shape index (κ2) is 5.06. The predicted octanol–water partition coefficient (Wildman–Crippen LogP) is 3.79. The van der Waals surface area contributed by atoms with Crippen molar-refractivity contribution in [2.24, 2.45) is 11.3 Å². The number of allylic oxidation sites excluding steroid dienone is 2. The molecule has 0 N–H and O–H groups in total. The van der Waals surface area contributed by atoms with Gasteiger partial charge in [0.25, 0.3) is 0 Å². The number of fused-ring (bicyclic) bond motifs is 4. The average molecular weight is 290 g/mol. The summed E-state index contributed by atoms with van der Waals surface area (Å²) in [5, 5.41) is 0. The topological polar surface area (TPSA) is 35.5 Å². The van der Waals surface area contributed by atoms with Crippen molar-refractivity contribution in [3.8, 4) is 0 Å². The van der Waals surface area contributed by atoms with Crippen molar-refractivity contribution in [3.05, 3.63) is 24.3 Å². The Morgan fingerprint density at radius 2 is 2.00 bits per heavy atom. The van der Waals surface area contributed by atoms with E-state index in [2.05, 4.69) is 33.4 Å². The molecule has 3 heteroatoms. The minimum atomic E-state index is -0.580. The van der Waals surface area contributed by atoms with E-state index in [4.69, 9.17) is 9.47 Å². The smallest absolute Gasteiger partial charge is 0.170 e. The van der Waals surface area contributed by atoms with Gasteiger partial charge in [-0.1, -0.05) is 39.5 Å². The first-order valence-electron chi connectivity index (χ1n) is 8.27. The Morgan fingerprint density at radius 1 is 1.29 bits per heavy atom. The molecule has 0 radical (unpaired) electrons. The Kier molecular flexibility index (Phi) is 3.61. The summed E-state index contributed by atoms with van der Waals surface area (Å²) in [4.78, 5) is 13.0. The van der Waals surface area contributed by atoms with Gasteiger partial charge >= 0.3 is 0 Å². The molecule has 1 saturated carbocycles. The lowest BCUT2D eigenvalue weighted by molar-refractivity contribution is -0.182. The van der Waals surface area contributed by atoms with Crippen LogP contribution in [0.5, 0.6) is 0 Å². The van der Waals surface area contributed by atoms with Gasteiger partial charge in [-0.2, -0.15) is 0 Å². The Morgan fingerprint density at radius 3 is 2.57 bits per heavy atom. The summed E-state index contributed by atoms with van der Waals surface area (Å²) in [5.41, 5.74) is 0.979. The minimum Gasteiger partial charge on any atom is -0.343 e. The number of hydrogen-bond acceptors (Lipinski definition) is 3. The molecule has 3 nitrogen and oxygen atoms in total.